The number of hydrogen-bond donors (Lipinski definition) is 1. The van der Waals surface area contributed by atoms with Gasteiger partial charge in [-0.2, -0.15) is 0 Å². The van der Waals surface area contributed by atoms with Gasteiger partial charge < -0.3 is 19.7 Å². The maximum atomic E-state index is 12.8. The largest absolute Gasteiger partial charge is 0.357 e. The molecule has 0 aromatic carbocycles. The molecule has 0 bridgehead atoms. The Morgan fingerprint density at radius 1 is 1.33 bits per heavy atom. The summed E-state index contributed by atoms with van der Waals surface area (Å²) < 4.78 is 2.02. The van der Waals surface area contributed by atoms with Crippen molar-refractivity contribution in [3.8, 4) is 0 Å². The number of hydrogen-bond acceptors (Lipinski definition) is 2. The van der Waals surface area contributed by atoms with Crippen molar-refractivity contribution >= 4 is 47.4 Å². The van der Waals surface area contributed by atoms with Gasteiger partial charge in [-0.15, -0.1) is 24.0 Å². The van der Waals surface area contributed by atoms with Gasteiger partial charge in [0.2, 0.25) is 5.91 Å². The predicted octanol–water partition coefficient (Wildman–Crippen LogP) is 3.34. The van der Waals surface area contributed by atoms with Crippen LogP contribution in [-0.4, -0.2) is 60.5 Å². The number of rotatable bonds is 6. The van der Waals surface area contributed by atoms with Gasteiger partial charge in [-0.3, -0.25) is 9.79 Å². The molecular weight excluding hydrogens is 477 g/mol. The molecule has 0 unspecified atom stereocenters. The molecular formula is C19H33ClIN5O. The first-order valence-corrected chi connectivity index (χ1v) is 9.69. The number of aliphatic imine (C=N–C) groups is 1. The molecule has 1 heterocycles. The number of nitrogens with one attached hydrogen (secondary N) is 1. The van der Waals surface area contributed by atoms with Crippen molar-refractivity contribution in [2.24, 2.45) is 17.5 Å². The summed E-state index contributed by atoms with van der Waals surface area (Å²) >= 11 is 6.09. The monoisotopic (exact) mass is 509 g/mol. The molecule has 0 radical (unpaired) electrons. The number of guanidine groups is 1. The van der Waals surface area contributed by atoms with Crippen LogP contribution in [0.25, 0.3) is 0 Å². The number of nitrogens with zero attached hydrogens (tertiary/aromatic N) is 4. The molecule has 27 heavy (non-hydrogen) atoms. The van der Waals surface area contributed by atoms with Gasteiger partial charge in [-0.05, 0) is 25.8 Å². The molecule has 2 rings (SSSR count). The summed E-state index contributed by atoms with van der Waals surface area (Å²) in [7, 11) is 7.67. The van der Waals surface area contributed by atoms with E-state index in [1.165, 1.54) is 0 Å². The topological polar surface area (TPSA) is 52.9 Å². The summed E-state index contributed by atoms with van der Waals surface area (Å²) in [5.74, 6) is 1.02. The number of amides is 1. The average molecular weight is 510 g/mol. The van der Waals surface area contributed by atoms with Crippen molar-refractivity contribution in [2.45, 2.75) is 39.2 Å². The lowest BCUT2D eigenvalue weighted by atomic mass is 9.85. The fourth-order valence-electron chi connectivity index (χ4n) is 3.70. The van der Waals surface area contributed by atoms with E-state index < -0.39 is 0 Å². The molecule has 1 aromatic rings. The smallest absolute Gasteiger partial charge is 0.230 e. The average Bonchev–Trinajstić information content (AvgIpc) is 3.18. The van der Waals surface area contributed by atoms with Crippen LogP contribution in [0.15, 0.2) is 17.3 Å². The standard InChI is InChI=1S/C19H32ClN5O.HI/c1-6-21-18(25(5)13-16-11-15(20)12-24(16)4)22-14-19(9-7-8-10-19)17(26)23(2)3;/h11-12H,6-10,13-14H2,1-5H3,(H,21,22);1H. The fraction of sp³-hybridized carbons (Fsp3) is 0.684. The third-order valence-corrected chi connectivity index (χ3v) is 5.33. The lowest BCUT2D eigenvalue weighted by molar-refractivity contribution is -0.138. The number of aryl methyl sites for hydroxylation is 1. The van der Waals surface area contributed by atoms with Gasteiger partial charge in [0.05, 0.1) is 23.5 Å². The highest BCUT2D eigenvalue weighted by Gasteiger charge is 2.42. The van der Waals surface area contributed by atoms with Crippen molar-refractivity contribution in [3.63, 3.8) is 0 Å². The Labute approximate surface area is 185 Å². The van der Waals surface area contributed by atoms with E-state index in [9.17, 15) is 4.79 Å². The van der Waals surface area contributed by atoms with E-state index in [0.29, 0.717) is 13.1 Å². The maximum absolute atomic E-state index is 12.8. The minimum atomic E-state index is -0.348. The van der Waals surface area contributed by atoms with E-state index in [1.807, 2.05) is 45.0 Å². The second-order valence-electron chi connectivity index (χ2n) is 7.47. The summed E-state index contributed by atoms with van der Waals surface area (Å²) in [5.41, 5.74) is 0.766. The van der Waals surface area contributed by atoms with E-state index in [1.54, 1.807) is 4.90 Å². The first-order chi connectivity index (χ1) is 12.3. The van der Waals surface area contributed by atoms with Gasteiger partial charge in [0.1, 0.15) is 0 Å². The molecule has 0 saturated heterocycles. The molecule has 8 heteroatoms. The van der Waals surface area contributed by atoms with E-state index >= 15 is 0 Å². The van der Waals surface area contributed by atoms with Gasteiger partial charge in [0.25, 0.3) is 0 Å². The number of aromatic nitrogens is 1. The molecule has 154 valence electrons. The second kappa shape index (κ2) is 10.5. The van der Waals surface area contributed by atoms with Crippen molar-refractivity contribution in [3.05, 3.63) is 23.0 Å². The second-order valence-corrected chi connectivity index (χ2v) is 7.91. The van der Waals surface area contributed by atoms with Crippen molar-refractivity contribution in [2.75, 3.05) is 34.2 Å². The Morgan fingerprint density at radius 2 is 1.96 bits per heavy atom. The third-order valence-electron chi connectivity index (χ3n) is 5.12. The first kappa shape index (κ1) is 24.1. The number of carbonyl (C=O) groups is 1. The zero-order valence-electron chi connectivity index (χ0n) is 17.1. The predicted molar refractivity (Wildman–Crippen MR) is 123 cm³/mol. The molecule has 6 nitrogen and oxygen atoms in total. The van der Waals surface area contributed by atoms with Crippen molar-refractivity contribution in [1.29, 1.82) is 0 Å². The van der Waals surface area contributed by atoms with Crippen molar-refractivity contribution < 1.29 is 4.79 Å². The van der Waals surface area contributed by atoms with Crippen LogP contribution in [-0.2, 0) is 18.4 Å². The Hall–Kier alpha value is -0.960. The zero-order valence-corrected chi connectivity index (χ0v) is 20.2. The molecule has 0 aliphatic heterocycles. The van der Waals surface area contributed by atoms with E-state index in [4.69, 9.17) is 16.6 Å². The van der Waals surface area contributed by atoms with Gasteiger partial charge in [0, 0.05) is 46.6 Å². The Bertz CT molecular complexity index is 653. The van der Waals surface area contributed by atoms with Crippen LogP contribution in [0, 0.1) is 5.41 Å². The molecule has 1 saturated carbocycles. The van der Waals surface area contributed by atoms with Crippen LogP contribution >= 0.6 is 35.6 Å². The van der Waals surface area contributed by atoms with E-state index in [0.717, 1.165) is 48.9 Å². The van der Waals surface area contributed by atoms with E-state index in [2.05, 4.69) is 17.1 Å². The maximum Gasteiger partial charge on any atom is 0.230 e. The molecule has 0 atom stereocenters. The summed E-state index contributed by atoms with van der Waals surface area (Å²) in [4.78, 5) is 21.4. The lowest BCUT2D eigenvalue weighted by Crippen LogP contribution is -2.43. The molecule has 0 spiro atoms. The van der Waals surface area contributed by atoms with Gasteiger partial charge in [-0.1, -0.05) is 24.4 Å². The minimum absolute atomic E-state index is 0. The molecule has 1 amide bonds. The van der Waals surface area contributed by atoms with Crippen molar-refractivity contribution in [1.82, 2.24) is 19.7 Å². The highest BCUT2D eigenvalue weighted by Crippen LogP contribution is 2.39. The van der Waals surface area contributed by atoms with Crippen LogP contribution in [0.4, 0.5) is 0 Å². The SMILES string of the molecule is CCNC(=NCC1(C(=O)N(C)C)CCCC1)N(C)Cc1cc(Cl)cn1C.I. The number of halogens is 2. The van der Waals surface area contributed by atoms with E-state index in [-0.39, 0.29) is 35.3 Å². The molecule has 1 fully saturated rings. The van der Waals surface area contributed by atoms with Gasteiger partial charge >= 0.3 is 0 Å². The number of carbonyl (C=O) groups excluding carboxylic acids is 1. The summed E-state index contributed by atoms with van der Waals surface area (Å²) in [6.07, 6.45) is 5.94. The summed E-state index contributed by atoms with van der Waals surface area (Å²) in [6, 6.07) is 1.97. The van der Waals surface area contributed by atoms with Gasteiger partial charge in [-0.25, -0.2) is 0 Å². The Morgan fingerprint density at radius 3 is 2.44 bits per heavy atom. The molecule has 1 N–H and O–H groups in total. The van der Waals surface area contributed by atoms with Crippen LogP contribution in [0.3, 0.4) is 0 Å². The van der Waals surface area contributed by atoms with Gasteiger partial charge in [0.15, 0.2) is 5.96 Å². The highest BCUT2D eigenvalue weighted by atomic mass is 127. The van der Waals surface area contributed by atoms with Crippen LogP contribution in [0.1, 0.15) is 38.3 Å². The molecule has 1 aliphatic rings. The van der Waals surface area contributed by atoms with Crippen LogP contribution < -0.4 is 5.32 Å². The first-order valence-electron chi connectivity index (χ1n) is 9.31. The van der Waals surface area contributed by atoms with Crippen LogP contribution in [0.5, 0.6) is 0 Å². The third kappa shape index (κ3) is 6.01. The zero-order chi connectivity index (χ0) is 19.3. The van der Waals surface area contributed by atoms with Crippen LogP contribution in [0.2, 0.25) is 5.02 Å². The normalized spacial score (nSPS) is 16.0. The Balaban J connectivity index is 0.00000364. The summed E-state index contributed by atoms with van der Waals surface area (Å²) in [5, 5.41) is 4.08. The highest BCUT2D eigenvalue weighted by molar-refractivity contribution is 14.0. The fourth-order valence-corrected chi connectivity index (χ4v) is 3.98. The molecule has 1 aromatic heterocycles. The quantitative estimate of drug-likeness (QED) is 0.364. The molecule has 1 aliphatic carbocycles. The summed E-state index contributed by atoms with van der Waals surface area (Å²) in [6.45, 7) is 4.07. The Kier molecular flexibility index (Phi) is 9.41. The minimum Gasteiger partial charge on any atom is -0.357 e. The lowest BCUT2D eigenvalue weighted by Gasteiger charge is -2.30.